The molecule has 2 aliphatic rings. The number of hydrogen-bond acceptors (Lipinski definition) is 8. The molecule has 3 N–H and O–H groups in total. The van der Waals surface area contributed by atoms with Gasteiger partial charge in [0.15, 0.2) is 0 Å². The lowest BCUT2D eigenvalue weighted by molar-refractivity contribution is 0.102. The number of pyridine rings is 1. The third-order valence-corrected chi connectivity index (χ3v) is 6.23. The van der Waals surface area contributed by atoms with Gasteiger partial charge < -0.3 is 25.4 Å². The van der Waals surface area contributed by atoms with Gasteiger partial charge in [-0.2, -0.15) is 0 Å². The van der Waals surface area contributed by atoms with Crippen LogP contribution in [-0.2, 0) is 4.74 Å². The van der Waals surface area contributed by atoms with E-state index in [1.807, 2.05) is 24.3 Å². The smallest absolute Gasteiger partial charge is 0.257 e. The Balaban J connectivity index is 1.31. The Hall–Kier alpha value is -3.30. The number of carbonyl (C=O) groups is 1. The molecule has 9 heteroatoms. The van der Waals surface area contributed by atoms with E-state index in [-0.39, 0.29) is 18.1 Å². The maximum Gasteiger partial charge on any atom is 0.257 e. The molecular formula is C24H28N6O3. The fourth-order valence-electron chi connectivity index (χ4n) is 4.35. The normalized spacial score (nSPS) is 21.1. The first-order chi connectivity index (χ1) is 16.2. The molecule has 1 aliphatic carbocycles. The number of para-hydroxylation sites is 1. The largest absolute Gasteiger partial charge is 0.393 e. The molecule has 2 fully saturated rings. The second kappa shape index (κ2) is 9.68. The van der Waals surface area contributed by atoms with Crippen molar-refractivity contribution in [1.82, 2.24) is 15.0 Å². The number of nitrogens with zero attached hydrogens (tertiary/aromatic N) is 4. The maximum absolute atomic E-state index is 13.1. The molecule has 0 unspecified atom stereocenters. The van der Waals surface area contributed by atoms with Crippen LogP contribution in [0.4, 0.5) is 17.5 Å². The quantitative estimate of drug-likeness (QED) is 0.546. The Morgan fingerprint density at radius 2 is 1.85 bits per heavy atom. The Morgan fingerprint density at radius 3 is 2.61 bits per heavy atom. The van der Waals surface area contributed by atoms with Crippen molar-refractivity contribution in [3.8, 4) is 0 Å². The fourth-order valence-corrected chi connectivity index (χ4v) is 4.35. The van der Waals surface area contributed by atoms with Gasteiger partial charge in [-0.15, -0.1) is 0 Å². The van der Waals surface area contributed by atoms with E-state index in [2.05, 4.69) is 30.5 Å². The van der Waals surface area contributed by atoms with Crippen LogP contribution in [-0.4, -0.2) is 64.4 Å². The van der Waals surface area contributed by atoms with Gasteiger partial charge >= 0.3 is 0 Å². The molecule has 5 rings (SSSR count). The second-order valence-electron chi connectivity index (χ2n) is 8.55. The number of nitrogens with one attached hydrogen (secondary N) is 2. The zero-order valence-corrected chi connectivity index (χ0v) is 18.4. The van der Waals surface area contributed by atoms with Gasteiger partial charge in [0.05, 0.1) is 42.3 Å². The molecule has 1 aromatic carbocycles. The van der Waals surface area contributed by atoms with E-state index in [9.17, 15) is 9.90 Å². The van der Waals surface area contributed by atoms with Gasteiger partial charge in [0, 0.05) is 30.7 Å². The van der Waals surface area contributed by atoms with E-state index in [1.165, 1.54) is 0 Å². The van der Waals surface area contributed by atoms with Gasteiger partial charge in [-0.1, -0.05) is 12.1 Å². The molecule has 9 nitrogen and oxygen atoms in total. The van der Waals surface area contributed by atoms with E-state index in [4.69, 9.17) is 4.74 Å². The van der Waals surface area contributed by atoms with Crippen molar-refractivity contribution in [3.05, 3.63) is 48.3 Å². The van der Waals surface area contributed by atoms with Crippen LogP contribution in [0.5, 0.6) is 0 Å². The molecule has 1 amide bonds. The summed E-state index contributed by atoms with van der Waals surface area (Å²) in [6.45, 7) is 3.02. The van der Waals surface area contributed by atoms with Gasteiger partial charge in [-0.25, -0.2) is 15.0 Å². The predicted octanol–water partition coefficient (Wildman–Crippen LogP) is 2.83. The number of benzene rings is 1. The summed E-state index contributed by atoms with van der Waals surface area (Å²) in [5.41, 5.74) is 1.71. The van der Waals surface area contributed by atoms with E-state index in [0.717, 1.165) is 50.0 Å². The van der Waals surface area contributed by atoms with Crippen LogP contribution in [0.2, 0.25) is 0 Å². The van der Waals surface area contributed by atoms with Crippen molar-refractivity contribution in [2.75, 3.05) is 41.8 Å². The van der Waals surface area contributed by atoms with Crippen molar-refractivity contribution in [2.24, 2.45) is 0 Å². The standard InChI is InChI=1S/C24H28N6O3/c31-19-7-4-17(5-8-19)28-24-26-14-16-2-1-3-20(22(16)29-24)23(32)27-18-6-9-21(25-15-18)30-10-12-33-13-11-30/h1-3,6,9,14-15,17,19,31H,4-5,7-8,10-13H2,(H,27,32)(H,26,28,29). The number of anilines is 3. The summed E-state index contributed by atoms with van der Waals surface area (Å²) in [6.07, 6.45) is 6.49. The Morgan fingerprint density at radius 1 is 1.03 bits per heavy atom. The number of rotatable bonds is 5. The van der Waals surface area contributed by atoms with Crippen LogP contribution < -0.4 is 15.5 Å². The molecule has 0 bridgehead atoms. The van der Waals surface area contributed by atoms with Crippen molar-refractivity contribution in [1.29, 1.82) is 0 Å². The van der Waals surface area contributed by atoms with Crippen molar-refractivity contribution in [2.45, 2.75) is 37.8 Å². The van der Waals surface area contributed by atoms with Crippen molar-refractivity contribution < 1.29 is 14.6 Å². The molecule has 1 aliphatic heterocycles. The molecule has 172 valence electrons. The molecule has 2 aromatic heterocycles. The van der Waals surface area contributed by atoms with Crippen LogP contribution in [0.1, 0.15) is 36.0 Å². The van der Waals surface area contributed by atoms with Crippen LogP contribution in [0, 0.1) is 0 Å². The predicted molar refractivity (Wildman–Crippen MR) is 127 cm³/mol. The molecule has 0 spiro atoms. The molecular weight excluding hydrogens is 420 g/mol. The lowest BCUT2D eigenvalue weighted by atomic mass is 9.93. The van der Waals surface area contributed by atoms with Crippen molar-refractivity contribution in [3.63, 3.8) is 0 Å². The number of aliphatic hydroxyl groups is 1. The number of ether oxygens (including phenoxy) is 1. The molecule has 1 saturated heterocycles. The minimum absolute atomic E-state index is 0.215. The summed E-state index contributed by atoms with van der Waals surface area (Å²) >= 11 is 0. The van der Waals surface area contributed by atoms with Crippen LogP contribution in [0.25, 0.3) is 10.9 Å². The first-order valence-corrected chi connectivity index (χ1v) is 11.5. The number of morpholine rings is 1. The average Bonchev–Trinajstić information content (AvgIpc) is 2.86. The summed E-state index contributed by atoms with van der Waals surface area (Å²) < 4.78 is 5.39. The Bertz CT molecular complexity index is 1110. The van der Waals surface area contributed by atoms with E-state index in [0.29, 0.717) is 35.9 Å². The lowest BCUT2D eigenvalue weighted by Gasteiger charge is -2.27. The number of fused-ring (bicyclic) bond motifs is 1. The highest BCUT2D eigenvalue weighted by molar-refractivity contribution is 6.11. The minimum atomic E-state index is -0.244. The summed E-state index contributed by atoms with van der Waals surface area (Å²) in [4.78, 5) is 28.8. The molecule has 0 atom stereocenters. The first-order valence-electron chi connectivity index (χ1n) is 11.5. The van der Waals surface area contributed by atoms with E-state index < -0.39 is 0 Å². The molecule has 0 radical (unpaired) electrons. The number of aromatic nitrogens is 3. The van der Waals surface area contributed by atoms with Gasteiger partial charge in [0.2, 0.25) is 5.95 Å². The highest BCUT2D eigenvalue weighted by Crippen LogP contribution is 2.23. The number of carbonyl (C=O) groups excluding carboxylic acids is 1. The van der Waals surface area contributed by atoms with Crippen LogP contribution >= 0.6 is 0 Å². The number of amides is 1. The van der Waals surface area contributed by atoms with Crippen LogP contribution in [0.3, 0.4) is 0 Å². The maximum atomic E-state index is 13.1. The topological polar surface area (TPSA) is 113 Å². The lowest BCUT2D eigenvalue weighted by Crippen LogP contribution is -2.36. The third-order valence-electron chi connectivity index (χ3n) is 6.23. The van der Waals surface area contributed by atoms with E-state index >= 15 is 0 Å². The fraction of sp³-hybridized carbons (Fsp3) is 0.417. The minimum Gasteiger partial charge on any atom is -0.393 e. The first kappa shape index (κ1) is 21.5. The van der Waals surface area contributed by atoms with Gasteiger partial charge in [-0.05, 0) is 43.9 Å². The Labute approximate surface area is 192 Å². The van der Waals surface area contributed by atoms with Gasteiger partial charge in [0.25, 0.3) is 5.91 Å². The summed E-state index contributed by atoms with van der Waals surface area (Å²) in [5, 5.41) is 16.8. The number of aliphatic hydroxyl groups excluding tert-OH is 1. The summed E-state index contributed by atoms with van der Waals surface area (Å²) in [7, 11) is 0. The SMILES string of the molecule is O=C(Nc1ccc(N2CCOCC2)nc1)c1cccc2cnc(NC3CCC(O)CC3)nc12. The molecule has 3 aromatic rings. The van der Waals surface area contributed by atoms with Crippen molar-refractivity contribution >= 4 is 34.3 Å². The third kappa shape index (κ3) is 5.04. The molecule has 1 saturated carbocycles. The number of hydrogen-bond donors (Lipinski definition) is 3. The highest BCUT2D eigenvalue weighted by Gasteiger charge is 2.20. The van der Waals surface area contributed by atoms with Gasteiger partial charge in [-0.3, -0.25) is 4.79 Å². The van der Waals surface area contributed by atoms with Crippen LogP contribution in [0.15, 0.2) is 42.7 Å². The zero-order chi connectivity index (χ0) is 22.6. The Kier molecular flexibility index (Phi) is 6.32. The molecule has 33 heavy (non-hydrogen) atoms. The van der Waals surface area contributed by atoms with E-state index in [1.54, 1.807) is 18.5 Å². The highest BCUT2D eigenvalue weighted by atomic mass is 16.5. The summed E-state index contributed by atoms with van der Waals surface area (Å²) in [5.74, 6) is 1.13. The molecule has 3 heterocycles. The second-order valence-corrected chi connectivity index (χ2v) is 8.55. The average molecular weight is 449 g/mol. The van der Waals surface area contributed by atoms with Gasteiger partial charge in [0.1, 0.15) is 5.82 Å². The zero-order valence-electron chi connectivity index (χ0n) is 18.4. The summed E-state index contributed by atoms with van der Waals surface area (Å²) in [6, 6.07) is 9.49. The monoisotopic (exact) mass is 448 g/mol.